The third kappa shape index (κ3) is 4.74. The summed E-state index contributed by atoms with van der Waals surface area (Å²) in [6.45, 7) is 3.32. The van der Waals surface area contributed by atoms with Gasteiger partial charge < -0.3 is 15.3 Å². The highest BCUT2D eigenvalue weighted by molar-refractivity contribution is 14.1. The van der Waals surface area contributed by atoms with Gasteiger partial charge in [-0.1, -0.05) is 6.08 Å². The molecule has 2 amide bonds. The molecular weight excluding hydrogens is 347 g/mol. The second kappa shape index (κ2) is 7.00. The molecule has 1 rings (SSSR count). The van der Waals surface area contributed by atoms with Crippen molar-refractivity contribution in [2.75, 3.05) is 18.4 Å². The van der Waals surface area contributed by atoms with Gasteiger partial charge in [-0.15, -0.1) is 6.58 Å². The average Bonchev–Trinajstić information content (AvgIpc) is 2.31. The van der Waals surface area contributed by atoms with E-state index in [1.807, 2.05) is 12.1 Å². The fraction of sp³-hybridized carbons (Fsp3) is 0.167. The molecule has 0 aliphatic carbocycles. The van der Waals surface area contributed by atoms with Gasteiger partial charge in [-0.25, -0.2) is 4.79 Å². The third-order valence-corrected chi connectivity index (χ3v) is 2.78. The van der Waals surface area contributed by atoms with Crippen molar-refractivity contribution in [2.24, 2.45) is 0 Å². The molecule has 5 nitrogen and oxygen atoms in total. The van der Waals surface area contributed by atoms with Crippen LogP contribution in [0.25, 0.3) is 0 Å². The molecule has 0 unspecified atom stereocenters. The smallest absolute Gasteiger partial charge is 0.323 e. The molecule has 0 saturated heterocycles. The number of hydrogen-bond donors (Lipinski definition) is 2. The van der Waals surface area contributed by atoms with Crippen LogP contribution in [0.15, 0.2) is 36.9 Å². The number of carboxylic acid groups (broad SMARTS) is 1. The minimum atomic E-state index is -1.06. The zero-order chi connectivity index (χ0) is 13.5. The Kier molecular flexibility index (Phi) is 5.63. The molecule has 0 saturated carbocycles. The van der Waals surface area contributed by atoms with Crippen LogP contribution in [0, 0.1) is 3.57 Å². The molecule has 1 aromatic rings. The van der Waals surface area contributed by atoms with Gasteiger partial charge in [-0.2, -0.15) is 0 Å². The maximum Gasteiger partial charge on any atom is 0.323 e. The Bertz CT molecular complexity index is 445. The van der Waals surface area contributed by atoms with E-state index < -0.39 is 12.0 Å². The van der Waals surface area contributed by atoms with Gasteiger partial charge in [-0.05, 0) is 46.9 Å². The number of amides is 2. The van der Waals surface area contributed by atoms with E-state index in [9.17, 15) is 9.59 Å². The second-order valence-corrected chi connectivity index (χ2v) is 4.75. The minimum absolute atomic E-state index is 0.183. The number of hydrogen-bond acceptors (Lipinski definition) is 2. The van der Waals surface area contributed by atoms with Gasteiger partial charge in [0.1, 0.15) is 6.54 Å². The van der Waals surface area contributed by atoms with Crippen LogP contribution in [0.5, 0.6) is 0 Å². The number of halogens is 1. The van der Waals surface area contributed by atoms with Gasteiger partial charge in [0.25, 0.3) is 0 Å². The molecule has 6 heteroatoms. The van der Waals surface area contributed by atoms with Crippen LogP contribution < -0.4 is 5.32 Å². The number of benzene rings is 1. The average molecular weight is 360 g/mol. The van der Waals surface area contributed by atoms with Crippen molar-refractivity contribution in [1.29, 1.82) is 0 Å². The van der Waals surface area contributed by atoms with Crippen LogP contribution >= 0.6 is 22.6 Å². The molecule has 0 bridgehead atoms. The van der Waals surface area contributed by atoms with Crippen molar-refractivity contribution in [3.05, 3.63) is 40.5 Å². The lowest BCUT2D eigenvalue weighted by Crippen LogP contribution is -2.38. The molecule has 2 N–H and O–H groups in total. The molecule has 0 spiro atoms. The van der Waals surface area contributed by atoms with Crippen LogP contribution in [-0.4, -0.2) is 35.1 Å². The van der Waals surface area contributed by atoms with Crippen LogP contribution in [0.3, 0.4) is 0 Å². The minimum Gasteiger partial charge on any atom is -0.480 e. The van der Waals surface area contributed by atoms with E-state index in [4.69, 9.17) is 5.11 Å². The summed E-state index contributed by atoms with van der Waals surface area (Å²) in [7, 11) is 0. The molecule has 0 heterocycles. The quantitative estimate of drug-likeness (QED) is 0.626. The van der Waals surface area contributed by atoms with E-state index in [-0.39, 0.29) is 13.1 Å². The molecule has 0 aliphatic rings. The maximum atomic E-state index is 11.8. The number of aliphatic carboxylic acids is 1. The van der Waals surface area contributed by atoms with Gasteiger partial charge in [0, 0.05) is 15.8 Å². The van der Waals surface area contributed by atoms with E-state index in [2.05, 4.69) is 34.5 Å². The monoisotopic (exact) mass is 360 g/mol. The fourth-order valence-electron chi connectivity index (χ4n) is 1.27. The van der Waals surface area contributed by atoms with E-state index in [1.165, 1.54) is 6.08 Å². The largest absolute Gasteiger partial charge is 0.480 e. The topological polar surface area (TPSA) is 69.6 Å². The lowest BCUT2D eigenvalue weighted by atomic mass is 10.3. The number of carbonyl (C=O) groups excluding carboxylic acids is 1. The number of nitrogens with one attached hydrogen (secondary N) is 1. The van der Waals surface area contributed by atoms with E-state index in [0.29, 0.717) is 5.69 Å². The first-order valence-corrected chi connectivity index (χ1v) is 6.25. The maximum absolute atomic E-state index is 11.8. The van der Waals surface area contributed by atoms with Crippen molar-refractivity contribution in [2.45, 2.75) is 0 Å². The van der Waals surface area contributed by atoms with Crippen molar-refractivity contribution in [3.63, 3.8) is 0 Å². The third-order valence-electron chi connectivity index (χ3n) is 2.06. The summed E-state index contributed by atoms with van der Waals surface area (Å²) in [4.78, 5) is 23.6. The Morgan fingerprint density at radius 1 is 1.39 bits per heavy atom. The van der Waals surface area contributed by atoms with Crippen LogP contribution in [0.2, 0.25) is 0 Å². The SMILES string of the molecule is C=CCN(CC(=O)O)C(=O)Nc1ccc(I)cc1. The Balaban J connectivity index is 2.68. The summed E-state index contributed by atoms with van der Waals surface area (Å²) in [6.07, 6.45) is 1.48. The molecule has 18 heavy (non-hydrogen) atoms. The Morgan fingerprint density at radius 3 is 2.50 bits per heavy atom. The Labute approximate surface area is 119 Å². The van der Waals surface area contributed by atoms with Crippen LogP contribution in [0.4, 0.5) is 10.5 Å². The van der Waals surface area contributed by atoms with Gasteiger partial charge in [0.05, 0.1) is 0 Å². The predicted octanol–water partition coefficient (Wildman–Crippen LogP) is 2.40. The van der Waals surface area contributed by atoms with Gasteiger partial charge >= 0.3 is 12.0 Å². The highest BCUT2D eigenvalue weighted by Crippen LogP contribution is 2.11. The van der Waals surface area contributed by atoms with Crippen molar-refractivity contribution in [3.8, 4) is 0 Å². The van der Waals surface area contributed by atoms with E-state index >= 15 is 0 Å². The Hall–Kier alpha value is -1.57. The first-order valence-electron chi connectivity index (χ1n) is 5.17. The fourth-order valence-corrected chi connectivity index (χ4v) is 1.63. The standard InChI is InChI=1S/C12H13IN2O3/c1-2-7-15(8-11(16)17)12(18)14-10-5-3-9(13)4-6-10/h2-6H,1,7-8H2,(H,14,18)(H,16,17). The summed E-state index contributed by atoms with van der Waals surface area (Å²) in [5, 5.41) is 11.3. The van der Waals surface area contributed by atoms with Crippen LogP contribution in [0.1, 0.15) is 0 Å². The van der Waals surface area contributed by atoms with Crippen LogP contribution in [-0.2, 0) is 4.79 Å². The second-order valence-electron chi connectivity index (χ2n) is 3.50. The summed E-state index contributed by atoms with van der Waals surface area (Å²) in [5.74, 6) is -1.06. The summed E-state index contributed by atoms with van der Waals surface area (Å²) in [5.41, 5.74) is 0.625. The number of rotatable bonds is 5. The van der Waals surface area contributed by atoms with Gasteiger partial charge in [-0.3, -0.25) is 4.79 Å². The number of nitrogens with zero attached hydrogens (tertiary/aromatic N) is 1. The number of urea groups is 1. The molecule has 0 fully saturated rings. The molecule has 1 aromatic carbocycles. The highest BCUT2D eigenvalue weighted by atomic mass is 127. The van der Waals surface area contributed by atoms with Crippen molar-refractivity contribution >= 4 is 40.3 Å². The summed E-state index contributed by atoms with van der Waals surface area (Å²) < 4.78 is 1.05. The first kappa shape index (κ1) is 14.5. The lowest BCUT2D eigenvalue weighted by Gasteiger charge is -2.19. The number of carboxylic acids is 1. The molecule has 0 atom stereocenters. The van der Waals surface area contributed by atoms with Gasteiger partial charge in [0.15, 0.2) is 0 Å². The zero-order valence-electron chi connectivity index (χ0n) is 9.60. The lowest BCUT2D eigenvalue weighted by molar-refractivity contribution is -0.137. The van der Waals surface area contributed by atoms with Gasteiger partial charge in [0.2, 0.25) is 0 Å². The predicted molar refractivity (Wildman–Crippen MR) is 77.6 cm³/mol. The molecule has 96 valence electrons. The molecule has 0 aromatic heterocycles. The molecule has 0 radical (unpaired) electrons. The van der Waals surface area contributed by atoms with E-state index in [1.54, 1.807) is 12.1 Å². The highest BCUT2D eigenvalue weighted by Gasteiger charge is 2.15. The molecular formula is C12H13IN2O3. The van der Waals surface area contributed by atoms with Crippen molar-refractivity contribution in [1.82, 2.24) is 4.90 Å². The normalized spacial score (nSPS) is 9.61. The number of anilines is 1. The zero-order valence-corrected chi connectivity index (χ0v) is 11.8. The van der Waals surface area contributed by atoms with E-state index in [0.717, 1.165) is 8.47 Å². The Morgan fingerprint density at radius 2 is 2.00 bits per heavy atom. The summed E-state index contributed by atoms with van der Waals surface area (Å²) in [6, 6.07) is 6.76. The summed E-state index contributed by atoms with van der Waals surface area (Å²) >= 11 is 2.16. The first-order chi connectivity index (χ1) is 8.52. The van der Waals surface area contributed by atoms with Crippen molar-refractivity contribution < 1.29 is 14.7 Å². The number of carbonyl (C=O) groups is 2. The molecule has 0 aliphatic heterocycles.